The number of hydrogen-bond acceptors (Lipinski definition) is 4. The number of rotatable bonds is 5. The predicted octanol–water partition coefficient (Wildman–Crippen LogP) is 1.86. The Morgan fingerprint density at radius 1 is 1.29 bits per heavy atom. The number of nitrogens with one attached hydrogen (secondary N) is 1. The zero-order chi connectivity index (χ0) is 12.9. The monoisotopic (exact) mass is 236 g/mol. The molecule has 1 heterocycles. The van der Waals surface area contributed by atoms with Crippen molar-refractivity contribution in [1.29, 1.82) is 0 Å². The fourth-order valence-electron chi connectivity index (χ4n) is 1.50. The molecule has 1 rings (SSSR count). The van der Waals surface area contributed by atoms with E-state index < -0.39 is 0 Å². The van der Waals surface area contributed by atoms with E-state index in [1.54, 1.807) is 6.33 Å². The molecule has 0 fully saturated rings. The van der Waals surface area contributed by atoms with Crippen LogP contribution in [0.1, 0.15) is 33.4 Å². The van der Waals surface area contributed by atoms with Gasteiger partial charge in [0, 0.05) is 37.4 Å². The van der Waals surface area contributed by atoms with Crippen LogP contribution in [0.5, 0.6) is 0 Å². The molecule has 96 valence electrons. The Kier molecular flexibility index (Phi) is 4.87. The maximum absolute atomic E-state index is 4.29. The van der Waals surface area contributed by atoms with Crippen LogP contribution < -0.4 is 10.2 Å². The van der Waals surface area contributed by atoms with E-state index in [1.165, 1.54) is 0 Å². The Morgan fingerprint density at radius 2 is 2.00 bits per heavy atom. The van der Waals surface area contributed by atoms with Gasteiger partial charge < -0.3 is 10.2 Å². The minimum Gasteiger partial charge on any atom is -0.358 e. The van der Waals surface area contributed by atoms with E-state index in [9.17, 15) is 0 Å². The fraction of sp³-hybridized carbons (Fsp3) is 0.692. The van der Waals surface area contributed by atoms with Gasteiger partial charge in [0.2, 0.25) is 0 Å². The summed E-state index contributed by atoms with van der Waals surface area (Å²) in [4.78, 5) is 10.6. The quantitative estimate of drug-likeness (QED) is 0.847. The minimum atomic E-state index is 0.168. The van der Waals surface area contributed by atoms with Gasteiger partial charge in [0.15, 0.2) is 0 Å². The molecule has 0 aliphatic carbocycles. The van der Waals surface area contributed by atoms with E-state index >= 15 is 0 Å². The van der Waals surface area contributed by atoms with E-state index in [1.807, 2.05) is 0 Å². The largest absolute Gasteiger partial charge is 0.358 e. The van der Waals surface area contributed by atoms with Gasteiger partial charge in [0.25, 0.3) is 0 Å². The normalized spacial score (nSPS) is 11.6. The molecule has 0 saturated carbocycles. The average molecular weight is 236 g/mol. The molecule has 0 saturated heterocycles. The molecule has 0 radical (unpaired) electrons. The minimum absolute atomic E-state index is 0.168. The van der Waals surface area contributed by atoms with Gasteiger partial charge in [0.1, 0.15) is 12.1 Å². The van der Waals surface area contributed by atoms with Gasteiger partial charge in [-0.3, -0.25) is 0 Å². The smallest absolute Gasteiger partial charge is 0.131 e. The molecule has 1 aromatic rings. The van der Waals surface area contributed by atoms with Crippen molar-refractivity contribution in [2.45, 2.75) is 39.7 Å². The first kappa shape index (κ1) is 13.9. The summed E-state index contributed by atoms with van der Waals surface area (Å²) in [6.07, 6.45) is 2.59. The molecule has 0 unspecified atom stereocenters. The SMILES string of the molecule is CCc1cc(N(C)CCNC(C)(C)C)ncn1. The maximum Gasteiger partial charge on any atom is 0.131 e. The molecule has 0 bridgehead atoms. The summed E-state index contributed by atoms with van der Waals surface area (Å²) >= 11 is 0. The Balaban J connectivity index is 2.49. The second-order valence-corrected chi connectivity index (χ2v) is 5.32. The Labute approximate surface area is 104 Å². The third kappa shape index (κ3) is 5.13. The molecule has 4 nitrogen and oxygen atoms in total. The van der Waals surface area contributed by atoms with Crippen molar-refractivity contribution in [1.82, 2.24) is 15.3 Å². The Morgan fingerprint density at radius 3 is 2.59 bits per heavy atom. The van der Waals surface area contributed by atoms with Gasteiger partial charge in [-0.05, 0) is 27.2 Å². The van der Waals surface area contributed by atoms with Crippen LogP contribution in [0.2, 0.25) is 0 Å². The third-order valence-electron chi connectivity index (χ3n) is 2.57. The first-order valence-corrected chi connectivity index (χ1v) is 6.19. The zero-order valence-corrected chi connectivity index (χ0v) is 11.6. The van der Waals surface area contributed by atoms with Crippen molar-refractivity contribution in [3.63, 3.8) is 0 Å². The van der Waals surface area contributed by atoms with Crippen molar-refractivity contribution < 1.29 is 0 Å². The van der Waals surface area contributed by atoms with Gasteiger partial charge in [-0.2, -0.15) is 0 Å². The summed E-state index contributed by atoms with van der Waals surface area (Å²) < 4.78 is 0. The number of nitrogens with zero attached hydrogens (tertiary/aromatic N) is 3. The topological polar surface area (TPSA) is 41.0 Å². The lowest BCUT2D eigenvalue weighted by Crippen LogP contribution is -2.40. The molecular weight excluding hydrogens is 212 g/mol. The lowest BCUT2D eigenvalue weighted by molar-refractivity contribution is 0.430. The summed E-state index contributed by atoms with van der Waals surface area (Å²) in [6, 6.07) is 2.05. The molecule has 0 spiro atoms. The van der Waals surface area contributed by atoms with Crippen LogP contribution in [0, 0.1) is 0 Å². The number of anilines is 1. The number of likely N-dealkylation sites (N-methyl/N-ethyl adjacent to an activating group) is 1. The van der Waals surface area contributed by atoms with Gasteiger partial charge in [-0.25, -0.2) is 9.97 Å². The molecule has 1 N–H and O–H groups in total. The Hall–Kier alpha value is -1.16. The molecule has 0 amide bonds. The van der Waals surface area contributed by atoms with E-state index in [-0.39, 0.29) is 5.54 Å². The first-order chi connectivity index (χ1) is 7.92. The second kappa shape index (κ2) is 5.96. The molecule has 0 atom stereocenters. The van der Waals surface area contributed by atoms with Crippen LogP contribution in [0.4, 0.5) is 5.82 Å². The molecule has 0 aliphatic heterocycles. The zero-order valence-electron chi connectivity index (χ0n) is 11.6. The lowest BCUT2D eigenvalue weighted by atomic mass is 10.1. The average Bonchev–Trinajstić information content (AvgIpc) is 2.27. The van der Waals surface area contributed by atoms with E-state index in [2.05, 4.69) is 61.0 Å². The molecule has 0 aromatic carbocycles. The molecule has 4 heteroatoms. The van der Waals surface area contributed by atoms with Crippen LogP contribution in [-0.4, -0.2) is 35.6 Å². The molecular formula is C13H24N4. The van der Waals surface area contributed by atoms with Gasteiger partial charge in [-0.1, -0.05) is 6.92 Å². The van der Waals surface area contributed by atoms with Crippen LogP contribution in [0.3, 0.4) is 0 Å². The molecule has 17 heavy (non-hydrogen) atoms. The lowest BCUT2D eigenvalue weighted by Gasteiger charge is -2.24. The maximum atomic E-state index is 4.29. The van der Waals surface area contributed by atoms with Crippen molar-refractivity contribution in [3.05, 3.63) is 18.1 Å². The number of aromatic nitrogens is 2. The van der Waals surface area contributed by atoms with Crippen LogP contribution in [-0.2, 0) is 6.42 Å². The Bertz CT molecular complexity index is 344. The van der Waals surface area contributed by atoms with Crippen LogP contribution in [0.25, 0.3) is 0 Å². The van der Waals surface area contributed by atoms with E-state index in [0.29, 0.717) is 0 Å². The predicted molar refractivity (Wildman–Crippen MR) is 72.4 cm³/mol. The third-order valence-corrected chi connectivity index (χ3v) is 2.57. The number of hydrogen-bond donors (Lipinski definition) is 1. The highest BCUT2D eigenvalue weighted by Crippen LogP contribution is 2.09. The number of aryl methyl sites for hydroxylation is 1. The van der Waals surface area contributed by atoms with Crippen LogP contribution >= 0.6 is 0 Å². The van der Waals surface area contributed by atoms with Crippen molar-refractivity contribution in [2.75, 3.05) is 25.0 Å². The van der Waals surface area contributed by atoms with E-state index in [4.69, 9.17) is 0 Å². The fourth-order valence-corrected chi connectivity index (χ4v) is 1.50. The van der Waals surface area contributed by atoms with Crippen molar-refractivity contribution in [3.8, 4) is 0 Å². The molecule has 0 aliphatic rings. The highest BCUT2D eigenvalue weighted by Gasteiger charge is 2.09. The van der Waals surface area contributed by atoms with Gasteiger partial charge in [-0.15, -0.1) is 0 Å². The van der Waals surface area contributed by atoms with Gasteiger partial charge >= 0.3 is 0 Å². The van der Waals surface area contributed by atoms with Gasteiger partial charge in [0.05, 0.1) is 0 Å². The highest BCUT2D eigenvalue weighted by atomic mass is 15.2. The molecule has 1 aromatic heterocycles. The standard InChI is InChI=1S/C13H24N4/c1-6-11-9-12(15-10-14-11)17(5)8-7-16-13(2,3)4/h9-10,16H,6-8H2,1-5H3. The summed E-state index contributed by atoms with van der Waals surface area (Å²) in [5.74, 6) is 0.993. The summed E-state index contributed by atoms with van der Waals surface area (Å²) in [6.45, 7) is 10.5. The van der Waals surface area contributed by atoms with E-state index in [0.717, 1.165) is 31.0 Å². The van der Waals surface area contributed by atoms with Crippen molar-refractivity contribution >= 4 is 5.82 Å². The highest BCUT2D eigenvalue weighted by molar-refractivity contribution is 5.37. The van der Waals surface area contributed by atoms with Crippen molar-refractivity contribution in [2.24, 2.45) is 0 Å². The van der Waals surface area contributed by atoms with Crippen LogP contribution in [0.15, 0.2) is 12.4 Å². The summed E-state index contributed by atoms with van der Waals surface area (Å²) in [5.41, 5.74) is 1.26. The summed E-state index contributed by atoms with van der Waals surface area (Å²) in [7, 11) is 2.06. The second-order valence-electron chi connectivity index (χ2n) is 5.32. The first-order valence-electron chi connectivity index (χ1n) is 6.19. The summed E-state index contributed by atoms with van der Waals surface area (Å²) in [5, 5.41) is 3.47.